The molecule has 42 heavy (non-hydrogen) atoms. The van der Waals surface area contributed by atoms with Crippen LogP contribution >= 0.6 is 23.1 Å². The fourth-order valence-electron chi connectivity index (χ4n) is 5.31. The summed E-state index contributed by atoms with van der Waals surface area (Å²) in [7, 11) is 0. The molecule has 6 rings (SSSR count). The van der Waals surface area contributed by atoms with Crippen LogP contribution in [0.2, 0.25) is 0 Å². The Balaban J connectivity index is 1.24. The summed E-state index contributed by atoms with van der Waals surface area (Å²) >= 11 is 2.97. The first-order valence-corrected chi connectivity index (χ1v) is 16.3. The fourth-order valence-corrected chi connectivity index (χ4v) is 7.48. The summed E-state index contributed by atoms with van der Waals surface area (Å²) in [5.41, 5.74) is 2.02. The van der Waals surface area contributed by atoms with E-state index < -0.39 is 12.1 Å². The highest BCUT2D eigenvalue weighted by Crippen LogP contribution is 2.39. The molecule has 2 atom stereocenters. The van der Waals surface area contributed by atoms with Crippen molar-refractivity contribution in [3.63, 3.8) is 0 Å². The minimum absolute atomic E-state index is 0.119. The molecule has 220 valence electrons. The van der Waals surface area contributed by atoms with Crippen molar-refractivity contribution in [2.24, 2.45) is 5.92 Å². The number of anilines is 2. The largest absolute Gasteiger partial charge is 0.445 e. The number of benzene rings is 2. The lowest BCUT2D eigenvalue weighted by Gasteiger charge is -2.33. The number of rotatable bonds is 9. The summed E-state index contributed by atoms with van der Waals surface area (Å²) in [6.07, 6.45) is 5.83. The molecule has 3 aromatic rings. The molecule has 3 aliphatic rings. The molecule has 0 spiro atoms. The van der Waals surface area contributed by atoms with Crippen molar-refractivity contribution in [3.05, 3.63) is 77.3 Å². The SMILES string of the molecule is O=C(NC1CC1)c1ccc(N(C(=O)C2CSC(CC3CCOCC3)N2C(=O)OCc2ccccc2)c2nccs2)cc1. The molecule has 3 fully saturated rings. The maximum absolute atomic E-state index is 14.4. The van der Waals surface area contributed by atoms with Gasteiger partial charge in [-0.25, -0.2) is 9.78 Å². The van der Waals surface area contributed by atoms with Crippen LogP contribution < -0.4 is 10.2 Å². The Bertz CT molecular complexity index is 1360. The predicted molar refractivity (Wildman–Crippen MR) is 163 cm³/mol. The standard InChI is InChI=1S/C31H34N4O5S2/c36-28(33-24-8-9-24)23-6-10-25(11-7-23)34(30-32-14-17-41-30)29(37)26-20-42-27(18-21-12-15-39-16-13-21)35(26)31(38)40-19-22-4-2-1-3-5-22/h1-7,10-11,14,17,21,24,26-27H,8-9,12-13,15-16,18-20H2,(H,33,36). The number of carbonyl (C=O) groups is 3. The minimum atomic E-state index is -0.732. The number of carbonyl (C=O) groups excluding carboxylic acids is 3. The molecule has 3 heterocycles. The molecule has 1 saturated carbocycles. The molecule has 2 unspecified atom stereocenters. The van der Waals surface area contributed by atoms with Gasteiger partial charge in [0.05, 0.1) is 11.1 Å². The molecule has 2 aromatic carbocycles. The van der Waals surface area contributed by atoms with Crippen molar-refractivity contribution in [1.29, 1.82) is 0 Å². The summed E-state index contributed by atoms with van der Waals surface area (Å²) in [4.78, 5) is 48.3. The smallest absolute Gasteiger partial charge is 0.411 e. The molecule has 11 heteroatoms. The van der Waals surface area contributed by atoms with E-state index in [0.717, 1.165) is 50.9 Å². The second kappa shape index (κ2) is 13.3. The second-order valence-corrected chi connectivity index (χ2v) is 12.9. The number of nitrogens with one attached hydrogen (secondary N) is 1. The van der Waals surface area contributed by atoms with Gasteiger partial charge in [0, 0.05) is 42.1 Å². The van der Waals surface area contributed by atoms with E-state index in [-0.39, 0.29) is 29.8 Å². The Morgan fingerprint density at radius 2 is 1.79 bits per heavy atom. The number of amides is 3. The van der Waals surface area contributed by atoms with Gasteiger partial charge in [-0.15, -0.1) is 23.1 Å². The van der Waals surface area contributed by atoms with E-state index in [1.54, 1.807) is 52.0 Å². The number of ether oxygens (including phenoxy) is 2. The van der Waals surface area contributed by atoms with Crippen LogP contribution in [0.5, 0.6) is 0 Å². The second-order valence-electron chi connectivity index (χ2n) is 10.8. The zero-order valence-electron chi connectivity index (χ0n) is 23.2. The number of thiazole rings is 1. The monoisotopic (exact) mass is 606 g/mol. The van der Waals surface area contributed by atoms with E-state index in [1.165, 1.54) is 11.3 Å². The average molecular weight is 607 g/mol. The topological polar surface area (TPSA) is 101 Å². The lowest BCUT2D eigenvalue weighted by molar-refractivity contribution is -0.122. The molecule has 9 nitrogen and oxygen atoms in total. The van der Waals surface area contributed by atoms with Crippen LogP contribution in [-0.4, -0.2) is 64.2 Å². The fraction of sp³-hybridized carbons (Fsp3) is 0.419. The zero-order chi connectivity index (χ0) is 28.9. The average Bonchev–Trinajstić information content (AvgIpc) is 3.48. The summed E-state index contributed by atoms with van der Waals surface area (Å²) in [5, 5.41) is 5.13. The first kappa shape index (κ1) is 28.7. The lowest BCUT2D eigenvalue weighted by Crippen LogP contribution is -2.50. The summed E-state index contributed by atoms with van der Waals surface area (Å²) < 4.78 is 11.3. The Labute approximate surface area is 253 Å². The highest BCUT2D eigenvalue weighted by Gasteiger charge is 2.45. The van der Waals surface area contributed by atoms with Crippen molar-refractivity contribution in [2.75, 3.05) is 23.9 Å². The van der Waals surface area contributed by atoms with Gasteiger partial charge in [0.15, 0.2) is 5.13 Å². The van der Waals surface area contributed by atoms with Crippen LogP contribution in [0, 0.1) is 5.92 Å². The molecule has 2 aliphatic heterocycles. The minimum Gasteiger partial charge on any atom is -0.445 e. The van der Waals surface area contributed by atoms with Crippen LogP contribution in [0.3, 0.4) is 0 Å². The van der Waals surface area contributed by atoms with Gasteiger partial charge >= 0.3 is 6.09 Å². The third kappa shape index (κ3) is 6.79. The molecule has 1 aromatic heterocycles. The third-order valence-electron chi connectivity index (χ3n) is 7.80. The summed E-state index contributed by atoms with van der Waals surface area (Å²) in [6.45, 7) is 1.57. The molecular formula is C31H34N4O5S2. The van der Waals surface area contributed by atoms with E-state index in [0.29, 0.717) is 28.1 Å². The van der Waals surface area contributed by atoms with E-state index >= 15 is 0 Å². The highest BCUT2D eigenvalue weighted by molar-refractivity contribution is 8.00. The van der Waals surface area contributed by atoms with Crippen LogP contribution in [0.25, 0.3) is 0 Å². The molecule has 3 amide bonds. The van der Waals surface area contributed by atoms with Gasteiger partial charge in [-0.1, -0.05) is 30.3 Å². The van der Waals surface area contributed by atoms with E-state index in [1.807, 2.05) is 35.7 Å². The quantitative estimate of drug-likeness (QED) is 0.339. The Morgan fingerprint density at radius 3 is 2.48 bits per heavy atom. The highest BCUT2D eigenvalue weighted by atomic mass is 32.2. The van der Waals surface area contributed by atoms with E-state index in [9.17, 15) is 14.4 Å². The van der Waals surface area contributed by atoms with Crippen LogP contribution in [0.4, 0.5) is 15.6 Å². The molecule has 1 N–H and O–H groups in total. The van der Waals surface area contributed by atoms with Crippen molar-refractivity contribution in [1.82, 2.24) is 15.2 Å². The first-order chi connectivity index (χ1) is 20.6. The number of hydrogen-bond donors (Lipinski definition) is 1. The van der Waals surface area contributed by atoms with Gasteiger partial charge in [0.1, 0.15) is 12.6 Å². The van der Waals surface area contributed by atoms with Gasteiger partial charge < -0.3 is 14.8 Å². The van der Waals surface area contributed by atoms with Crippen molar-refractivity contribution >= 4 is 51.8 Å². The normalized spacial score (nSPS) is 20.7. The van der Waals surface area contributed by atoms with Crippen LogP contribution in [0.1, 0.15) is 48.0 Å². The van der Waals surface area contributed by atoms with E-state index in [2.05, 4.69) is 10.3 Å². The van der Waals surface area contributed by atoms with Gasteiger partial charge in [-0.2, -0.15) is 0 Å². The molecular weight excluding hydrogens is 572 g/mol. The van der Waals surface area contributed by atoms with E-state index in [4.69, 9.17) is 9.47 Å². The Hall–Kier alpha value is -3.41. The third-order valence-corrected chi connectivity index (χ3v) is 9.87. The number of thioether (sulfide) groups is 1. The summed E-state index contributed by atoms with van der Waals surface area (Å²) in [6, 6.07) is 16.1. The predicted octanol–water partition coefficient (Wildman–Crippen LogP) is 5.60. The Morgan fingerprint density at radius 1 is 1.02 bits per heavy atom. The zero-order valence-corrected chi connectivity index (χ0v) is 24.9. The number of nitrogens with zero attached hydrogens (tertiary/aromatic N) is 3. The number of hydrogen-bond acceptors (Lipinski definition) is 8. The van der Waals surface area contributed by atoms with Crippen molar-refractivity contribution < 1.29 is 23.9 Å². The van der Waals surface area contributed by atoms with Crippen LogP contribution in [-0.2, 0) is 20.9 Å². The van der Waals surface area contributed by atoms with Crippen LogP contribution in [0.15, 0.2) is 66.2 Å². The maximum Gasteiger partial charge on any atom is 0.411 e. The molecule has 1 aliphatic carbocycles. The molecule has 0 bridgehead atoms. The molecule has 2 saturated heterocycles. The van der Waals surface area contributed by atoms with Crippen molar-refractivity contribution in [3.8, 4) is 0 Å². The summed E-state index contributed by atoms with van der Waals surface area (Å²) in [5.74, 6) is 0.501. The van der Waals surface area contributed by atoms with Gasteiger partial charge in [-0.05, 0) is 67.9 Å². The van der Waals surface area contributed by atoms with Gasteiger partial charge in [-0.3, -0.25) is 19.4 Å². The first-order valence-electron chi connectivity index (χ1n) is 14.4. The number of aromatic nitrogens is 1. The molecule has 0 radical (unpaired) electrons. The van der Waals surface area contributed by atoms with Gasteiger partial charge in [0.2, 0.25) is 0 Å². The lowest BCUT2D eigenvalue weighted by atomic mass is 9.96. The maximum atomic E-state index is 14.4. The Kier molecular flexibility index (Phi) is 9.07. The van der Waals surface area contributed by atoms with Crippen molar-refractivity contribution in [2.45, 2.75) is 56.2 Å². The van der Waals surface area contributed by atoms with Gasteiger partial charge in [0.25, 0.3) is 11.8 Å².